The van der Waals surface area contributed by atoms with Gasteiger partial charge in [-0.1, -0.05) is 11.6 Å². The molecule has 0 unspecified atom stereocenters. The molecule has 0 saturated heterocycles. The number of aromatic nitrogens is 2. The van der Waals surface area contributed by atoms with Crippen LogP contribution >= 0.6 is 11.6 Å². The molecule has 1 rings (SSSR count). The lowest BCUT2D eigenvalue weighted by Crippen LogP contribution is -2.12. The van der Waals surface area contributed by atoms with Gasteiger partial charge in [-0.2, -0.15) is 4.98 Å². The molecule has 1 aromatic rings. The van der Waals surface area contributed by atoms with Gasteiger partial charge < -0.3 is 9.64 Å². The van der Waals surface area contributed by atoms with Crippen LogP contribution in [0.2, 0.25) is 5.15 Å². The first-order valence-corrected chi connectivity index (χ1v) is 3.77. The van der Waals surface area contributed by atoms with Crippen molar-refractivity contribution in [3.63, 3.8) is 0 Å². The normalized spacial score (nSPS) is 9.67. The standard InChI is InChI=1S/C7H10ClN3O/c1-11(2)7-9-5(8)4-6(10-7)12-3/h4H,1-3H3. The minimum absolute atomic E-state index is 0.380. The van der Waals surface area contributed by atoms with Crippen LogP contribution in [0.3, 0.4) is 0 Å². The summed E-state index contributed by atoms with van der Waals surface area (Å²) in [4.78, 5) is 9.80. The first-order chi connectivity index (χ1) is 5.63. The van der Waals surface area contributed by atoms with Crippen LogP contribution in [0.1, 0.15) is 0 Å². The highest BCUT2D eigenvalue weighted by Gasteiger charge is 2.03. The lowest BCUT2D eigenvalue weighted by atomic mass is 10.6. The summed E-state index contributed by atoms with van der Waals surface area (Å²) in [6, 6.07) is 1.56. The van der Waals surface area contributed by atoms with E-state index in [1.54, 1.807) is 11.0 Å². The molecule has 5 heteroatoms. The van der Waals surface area contributed by atoms with E-state index in [9.17, 15) is 0 Å². The van der Waals surface area contributed by atoms with E-state index in [0.29, 0.717) is 17.0 Å². The van der Waals surface area contributed by atoms with Gasteiger partial charge in [0.05, 0.1) is 7.11 Å². The monoisotopic (exact) mass is 187 g/mol. The number of halogens is 1. The molecule has 0 fully saturated rings. The predicted octanol–water partition coefficient (Wildman–Crippen LogP) is 1.20. The SMILES string of the molecule is COc1cc(Cl)nc(N(C)C)n1. The number of hydrogen-bond acceptors (Lipinski definition) is 4. The zero-order chi connectivity index (χ0) is 9.14. The number of rotatable bonds is 2. The molecule has 1 aromatic heterocycles. The van der Waals surface area contributed by atoms with Crippen LogP contribution in [-0.4, -0.2) is 31.2 Å². The lowest BCUT2D eigenvalue weighted by molar-refractivity contribution is 0.397. The van der Waals surface area contributed by atoms with E-state index in [0.717, 1.165) is 0 Å². The maximum Gasteiger partial charge on any atom is 0.229 e. The van der Waals surface area contributed by atoms with Gasteiger partial charge in [-0.15, -0.1) is 0 Å². The Morgan fingerprint density at radius 2 is 2.08 bits per heavy atom. The molecule has 0 aliphatic heterocycles. The zero-order valence-corrected chi connectivity index (χ0v) is 7.96. The van der Waals surface area contributed by atoms with Gasteiger partial charge in [0.25, 0.3) is 0 Å². The molecule has 0 aromatic carbocycles. The second-order valence-corrected chi connectivity index (χ2v) is 2.81. The van der Waals surface area contributed by atoms with Crippen molar-refractivity contribution in [1.82, 2.24) is 9.97 Å². The molecule has 0 bridgehead atoms. The van der Waals surface area contributed by atoms with Crippen molar-refractivity contribution in [2.45, 2.75) is 0 Å². The Hall–Kier alpha value is -1.03. The zero-order valence-electron chi connectivity index (χ0n) is 7.21. The molecule has 0 radical (unpaired) electrons. The minimum Gasteiger partial charge on any atom is -0.481 e. The summed E-state index contributed by atoms with van der Waals surface area (Å²) < 4.78 is 4.92. The summed E-state index contributed by atoms with van der Waals surface area (Å²) in [5, 5.41) is 0.380. The molecule has 4 nitrogen and oxygen atoms in total. The van der Waals surface area contributed by atoms with Gasteiger partial charge in [-0.05, 0) is 0 Å². The summed E-state index contributed by atoms with van der Waals surface area (Å²) in [6.45, 7) is 0. The van der Waals surface area contributed by atoms with Crippen molar-refractivity contribution < 1.29 is 4.74 Å². The Labute approximate surface area is 76.1 Å². The molecule has 0 atom stereocenters. The Morgan fingerprint density at radius 3 is 2.58 bits per heavy atom. The maximum absolute atomic E-state index is 5.72. The Morgan fingerprint density at radius 1 is 1.42 bits per heavy atom. The van der Waals surface area contributed by atoms with Crippen LogP contribution in [0, 0.1) is 0 Å². The van der Waals surface area contributed by atoms with Gasteiger partial charge in [0.15, 0.2) is 0 Å². The van der Waals surface area contributed by atoms with Gasteiger partial charge in [0.2, 0.25) is 11.8 Å². The summed E-state index contributed by atoms with van der Waals surface area (Å²) in [5.74, 6) is 1.01. The molecule has 0 aliphatic rings. The maximum atomic E-state index is 5.72. The van der Waals surface area contributed by atoms with Crippen molar-refractivity contribution in [3.8, 4) is 5.88 Å². The molecular formula is C7H10ClN3O. The van der Waals surface area contributed by atoms with Crippen molar-refractivity contribution >= 4 is 17.5 Å². The Bertz CT molecular complexity index is 277. The molecule has 1 heterocycles. The van der Waals surface area contributed by atoms with Gasteiger partial charge in [0.1, 0.15) is 5.15 Å². The average molecular weight is 188 g/mol. The predicted molar refractivity (Wildman–Crippen MR) is 47.9 cm³/mol. The summed E-state index contributed by atoms with van der Waals surface area (Å²) >= 11 is 5.72. The van der Waals surface area contributed by atoms with Gasteiger partial charge in [-0.25, -0.2) is 4.98 Å². The van der Waals surface area contributed by atoms with E-state index >= 15 is 0 Å². The van der Waals surface area contributed by atoms with E-state index in [1.807, 2.05) is 14.1 Å². The summed E-state index contributed by atoms with van der Waals surface area (Å²) in [7, 11) is 5.22. The van der Waals surface area contributed by atoms with Crippen LogP contribution in [0.15, 0.2) is 6.07 Å². The van der Waals surface area contributed by atoms with Crippen LogP contribution in [0.4, 0.5) is 5.95 Å². The second kappa shape index (κ2) is 3.58. The highest BCUT2D eigenvalue weighted by molar-refractivity contribution is 6.29. The summed E-state index contributed by atoms with van der Waals surface area (Å²) in [5.41, 5.74) is 0. The second-order valence-electron chi connectivity index (χ2n) is 2.43. The van der Waals surface area contributed by atoms with E-state index in [-0.39, 0.29) is 0 Å². The molecule has 0 N–H and O–H groups in total. The topological polar surface area (TPSA) is 38.2 Å². The molecule has 0 aliphatic carbocycles. The fourth-order valence-corrected chi connectivity index (χ4v) is 0.859. The Balaban J connectivity index is 3.06. The third kappa shape index (κ3) is 1.98. The fourth-order valence-electron chi connectivity index (χ4n) is 0.690. The molecule has 0 amide bonds. The first-order valence-electron chi connectivity index (χ1n) is 3.39. The highest BCUT2D eigenvalue weighted by atomic mass is 35.5. The number of methoxy groups -OCH3 is 1. The average Bonchev–Trinajstić information content (AvgIpc) is 2.03. The van der Waals surface area contributed by atoms with E-state index < -0.39 is 0 Å². The molecule has 66 valence electrons. The van der Waals surface area contributed by atoms with Crippen LogP contribution < -0.4 is 9.64 Å². The number of ether oxygens (including phenoxy) is 1. The van der Waals surface area contributed by atoms with E-state index in [4.69, 9.17) is 16.3 Å². The number of nitrogens with zero attached hydrogens (tertiary/aromatic N) is 3. The first kappa shape index (κ1) is 9.06. The molecular weight excluding hydrogens is 178 g/mol. The largest absolute Gasteiger partial charge is 0.481 e. The van der Waals surface area contributed by atoms with Gasteiger partial charge in [0, 0.05) is 20.2 Å². The third-order valence-corrected chi connectivity index (χ3v) is 1.46. The van der Waals surface area contributed by atoms with Crippen LogP contribution in [0.25, 0.3) is 0 Å². The van der Waals surface area contributed by atoms with Crippen molar-refractivity contribution in [2.24, 2.45) is 0 Å². The molecule has 0 saturated carbocycles. The van der Waals surface area contributed by atoms with Crippen molar-refractivity contribution in [1.29, 1.82) is 0 Å². The lowest BCUT2D eigenvalue weighted by Gasteiger charge is -2.10. The van der Waals surface area contributed by atoms with Crippen molar-refractivity contribution in [2.75, 3.05) is 26.1 Å². The minimum atomic E-state index is 0.380. The van der Waals surface area contributed by atoms with Crippen LogP contribution in [-0.2, 0) is 0 Å². The van der Waals surface area contributed by atoms with Gasteiger partial charge in [-0.3, -0.25) is 0 Å². The fraction of sp³-hybridized carbons (Fsp3) is 0.429. The number of anilines is 1. The van der Waals surface area contributed by atoms with Gasteiger partial charge >= 0.3 is 0 Å². The van der Waals surface area contributed by atoms with E-state index in [2.05, 4.69) is 9.97 Å². The Kier molecular flexibility index (Phi) is 2.70. The molecule has 0 spiro atoms. The van der Waals surface area contributed by atoms with Crippen LogP contribution in [0.5, 0.6) is 5.88 Å². The quantitative estimate of drug-likeness (QED) is 0.653. The molecule has 12 heavy (non-hydrogen) atoms. The number of hydrogen-bond donors (Lipinski definition) is 0. The smallest absolute Gasteiger partial charge is 0.229 e. The highest BCUT2D eigenvalue weighted by Crippen LogP contribution is 2.16. The van der Waals surface area contributed by atoms with Crippen molar-refractivity contribution in [3.05, 3.63) is 11.2 Å². The third-order valence-electron chi connectivity index (χ3n) is 1.27. The van der Waals surface area contributed by atoms with E-state index in [1.165, 1.54) is 7.11 Å². The summed E-state index contributed by atoms with van der Waals surface area (Å²) in [6.07, 6.45) is 0.